The molecule has 0 fully saturated rings. The molecule has 0 saturated carbocycles. The maximum absolute atomic E-state index is 9.08. The van der Waals surface area contributed by atoms with E-state index in [9.17, 15) is 0 Å². The first-order chi connectivity index (χ1) is 6.29. The molecule has 0 aromatic rings. The minimum Gasteiger partial charge on any atom is -0.508 e. The number of hydrogen-bond donors (Lipinski definition) is 2. The molecule has 0 heterocycles. The summed E-state index contributed by atoms with van der Waals surface area (Å²) in [6, 6.07) is 0. The first kappa shape index (κ1) is 12.0. The van der Waals surface area contributed by atoms with Gasteiger partial charge in [-0.3, -0.25) is 0 Å². The minimum absolute atomic E-state index is 0.147. The van der Waals surface area contributed by atoms with Gasteiger partial charge in [-0.2, -0.15) is 0 Å². The lowest BCUT2D eigenvalue weighted by Gasteiger charge is -2.13. The zero-order valence-corrected chi connectivity index (χ0v) is 8.27. The summed E-state index contributed by atoms with van der Waals surface area (Å²) in [6.45, 7) is 21.6. The summed E-state index contributed by atoms with van der Waals surface area (Å²) in [5, 5.41) is 9.08. The van der Waals surface area contributed by atoms with E-state index in [-0.39, 0.29) is 5.76 Å². The highest BCUT2D eigenvalue weighted by molar-refractivity contribution is 5.59. The van der Waals surface area contributed by atoms with Crippen LogP contribution in [0.3, 0.4) is 0 Å². The van der Waals surface area contributed by atoms with Crippen molar-refractivity contribution in [1.82, 2.24) is 0 Å². The second-order valence-corrected chi connectivity index (χ2v) is 2.89. The van der Waals surface area contributed by atoms with Gasteiger partial charge in [0.2, 0.25) is 0 Å². The molecule has 14 heavy (non-hydrogen) atoms. The van der Waals surface area contributed by atoms with E-state index in [1.807, 2.05) is 0 Å². The van der Waals surface area contributed by atoms with E-state index in [1.165, 1.54) is 0 Å². The van der Waals surface area contributed by atoms with E-state index in [0.29, 0.717) is 28.0 Å². The van der Waals surface area contributed by atoms with Crippen molar-refractivity contribution in [2.75, 3.05) is 0 Å². The van der Waals surface area contributed by atoms with Gasteiger partial charge in [-0.1, -0.05) is 39.5 Å². The Balaban J connectivity index is 4.82. The molecule has 0 unspecified atom stereocenters. The molecule has 74 valence electrons. The van der Waals surface area contributed by atoms with E-state index < -0.39 is 0 Å². The summed E-state index contributed by atoms with van der Waals surface area (Å²) in [6.07, 6.45) is 0. The van der Waals surface area contributed by atoms with Crippen molar-refractivity contribution in [1.29, 1.82) is 0 Å². The van der Waals surface area contributed by atoms with Crippen molar-refractivity contribution in [2.24, 2.45) is 5.73 Å². The van der Waals surface area contributed by atoms with Gasteiger partial charge in [0.25, 0.3) is 0 Å². The number of hydrogen-bond acceptors (Lipinski definition) is 2. The quantitative estimate of drug-likeness (QED) is 0.516. The van der Waals surface area contributed by atoms with Gasteiger partial charge in [-0.15, -0.1) is 0 Å². The Labute approximate surface area is 84.8 Å². The SMILES string of the molecule is C=C(N)C(=C)C(=C)C(=C)C(=C)C(=C)O. The van der Waals surface area contributed by atoms with Gasteiger partial charge >= 0.3 is 0 Å². The largest absolute Gasteiger partial charge is 0.508 e. The molecule has 0 aromatic heterocycles. The van der Waals surface area contributed by atoms with E-state index in [1.54, 1.807) is 0 Å². The van der Waals surface area contributed by atoms with Crippen molar-refractivity contribution in [3.8, 4) is 0 Å². The molecular formula is C12H15NO. The first-order valence-corrected chi connectivity index (χ1v) is 3.88. The Morgan fingerprint density at radius 3 is 1.36 bits per heavy atom. The highest BCUT2D eigenvalue weighted by Gasteiger charge is 2.10. The summed E-state index contributed by atoms with van der Waals surface area (Å²) < 4.78 is 0. The summed E-state index contributed by atoms with van der Waals surface area (Å²) in [5.41, 5.74) is 7.50. The van der Waals surface area contributed by atoms with Gasteiger partial charge in [-0.25, -0.2) is 0 Å². The highest BCUT2D eigenvalue weighted by Crippen LogP contribution is 2.25. The van der Waals surface area contributed by atoms with Crippen LogP contribution in [0, 0.1) is 0 Å². The van der Waals surface area contributed by atoms with Crippen LogP contribution in [0.2, 0.25) is 0 Å². The lowest BCUT2D eigenvalue weighted by molar-refractivity contribution is 0.428. The monoisotopic (exact) mass is 189 g/mol. The van der Waals surface area contributed by atoms with Gasteiger partial charge in [-0.05, 0) is 16.7 Å². The lowest BCUT2D eigenvalue weighted by Crippen LogP contribution is -2.03. The second kappa shape index (κ2) is 4.33. The number of aliphatic hydroxyl groups excluding tert-OH is 1. The van der Waals surface area contributed by atoms with Crippen molar-refractivity contribution in [2.45, 2.75) is 0 Å². The minimum atomic E-state index is -0.147. The molecule has 2 nitrogen and oxygen atoms in total. The molecule has 0 aliphatic carbocycles. The molecule has 0 spiro atoms. The Kier molecular flexibility index (Phi) is 3.72. The van der Waals surface area contributed by atoms with Crippen LogP contribution in [0.4, 0.5) is 0 Å². The number of rotatable bonds is 5. The third-order valence-corrected chi connectivity index (χ3v) is 1.83. The van der Waals surface area contributed by atoms with Crippen molar-refractivity contribution >= 4 is 0 Å². The van der Waals surface area contributed by atoms with E-state index in [0.717, 1.165) is 0 Å². The lowest BCUT2D eigenvalue weighted by atomic mass is 9.94. The topological polar surface area (TPSA) is 46.2 Å². The van der Waals surface area contributed by atoms with Crippen molar-refractivity contribution in [3.05, 3.63) is 73.2 Å². The summed E-state index contributed by atoms with van der Waals surface area (Å²) in [7, 11) is 0. The van der Waals surface area contributed by atoms with Crippen LogP contribution in [0.1, 0.15) is 0 Å². The van der Waals surface area contributed by atoms with Crippen LogP contribution in [0.15, 0.2) is 73.2 Å². The molecule has 0 aliphatic heterocycles. The Morgan fingerprint density at radius 1 is 0.714 bits per heavy atom. The van der Waals surface area contributed by atoms with E-state index in [4.69, 9.17) is 10.8 Å². The van der Waals surface area contributed by atoms with Crippen molar-refractivity contribution < 1.29 is 5.11 Å². The number of aliphatic hydroxyl groups is 1. The third kappa shape index (κ3) is 2.52. The van der Waals surface area contributed by atoms with Crippen LogP contribution < -0.4 is 5.73 Å². The fourth-order valence-electron chi connectivity index (χ4n) is 0.732. The van der Waals surface area contributed by atoms with Gasteiger partial charge in [0.1, 0.15) is 5.76 Å². The zero-order valence-electron chi connectivity index (χ0n) is 8.27. The molecule has 0 rings (SSSR count). The molecular weight excluding hydrogens is 174 g/mol. The molecule has 0 bridgehead atoms. The van der Waals surface area contributed by atoms with Crippen LogP contribution in [0.25, 0.3) is 0 Å². The summed E-state index contributed by atoms with van der Waals surface area (Å²) in [5.74, 6) is -0.147. The maximum Gasteiger partial charge on any atom is 0.115 e. The molecule has 0 amide bonds. The molecule has 0 aliphatic rings. The standard InChI is InChI=1S/C12H15NO/c1-7(9(3)11(5)13)8(2)10(4)12(6)14/h14H,1-6,13H2. The Hall–Kier alpha value is -1.96. The van der Waals surface area contributed by atoms with Gasteiger partial charge in [0, 0.05) is 11.3 Å². The number of nitrogens with two attached hydrogens (primary N) is 1. The second-order valence-electron chi connectivity index (χ2n) is 2.89. The molecule has 0 saturated heterocycles. The Bertz CT molecular complexity index is 323. The smallest absolute Gasteiger partial charge is 0.115 e. The van der Waals surface area contributed by atoms with Crippen LogP contribution in [0.5, 0.6) is 0 Å². The average molecular weight is 189 g/mol. The average Bonchev–Trinajstić information content (AvgIpc) is 2.12. The van der Waals surface area contributed by atoms with Gasteiger partial charge < -0.3 is 10.8 Å². The molecule has 2 heteroatoms. The Morgan fingerprint density at radius 2 is 1.07 bits per heavy atom. The normalized spacial score (nSPS) is 8.86. The summed E-state index contributed by atoms with van der Waals surface area (Å²) >= 11 is 0. The zero-order chi connectivity index (χ0) is 11.5. The van der Waals surface area contributed by atoms with E-state index in [2.05, 4.69) is 39.5 Å². The predicted octanol–water partition coefficient (Wildman–Crippen LogP) is 2.76. The fraction of sp³-hybridized carbons (Fsp3) is 0. The number of allylic oxidation sites excluding steroid dienone is 2. The van der Waals surface area contributed by atoms with Crippen LogP contribution in [-0.2, 0) is 0 Å². The van der Waals surface area contributed by atoms with Gasteiger partial charge in [0.05, 0.1) is 0 Å². The van der Waals surface area contributed by atoms with Crippen molar-refractivity contribution in [3.63, 3.8) is 0 Å². The molecule has 0 atom stereocenters. The fourth-order valence-corrected chi connectivity index (χ4v) is 0.732. The van der Waals surface area contributed by atoms with Crippen LogP contribution >= 0.6 is 0 Å². The highest BCUT2D eigenvalue weighted by atomic mass is 16.3. The summed E-state index contributed by atoms with van der Waals surface area (Å²) in [4.78, 5) is 0. The molecule has 3 N–H and O–H groups in total. The maximum atomic E-state index is 9.08. The first-order valence-electron chi connectivity index (χ1n) is 3.88. The molecule has 0 radical (unpaired) electrons. The molecule has 0 aromatic carbocycles. The van der Waals surface area contributed by atoms with Crippen LogP contribution in [-0.4, -0.2) is 5.11 Å². The van der Waals surface area contributed by atoms with E-state index >= 15 is 0 Å². The third-order valence-electron chi connectivity index (χ3n) is 1.83. The van der Waals surface area contributed by atoms with Gasteiger partial charge in [0.15, 0.2) is 0 Å². The predicted molar refractivity (Wildman–Crippen MR) is 61.7 cm³/mol.